The van der Waals surface area contributed by atoms with Crippen molar-refractivity contribution in [2.24, 2.45) is 0 Å². The van der Waals surface area contributed by atoms with Gasteiger partial charge in [-0.15, -0.1) is 0 Å². The van der Waals surface area contributed by atoms with Crippen LogP contribution in [-0.4, -0.2) is 25.4 Å². The van der Waals surface area contributed by atoms with Crippen molar-refractivity contribution >= 4 is 17.4 Å². The summed E-state index contributed by atoms with van der Waals surface area (Å²) in [5.74, 6) is 4.66. The topological polar surface area (TPSA) is 55.4 Å². The van der Waals surface area contributed by atoms with E-state index in [4.69, 9.17) is 0 Å². The van der Waals surface area contributed by atoms with Gasteiger partial charge in [-0.2, -0.15) is 0 Å². The highest BCUT2D eigenvalue weighted by atomic mass is 16.5. The first-order chi connectivity index (χ1) is 9.13. The number of carbonyl (C=O) groups is 2. The van der Waals surface area contributed by atoms with E-state index in [0.717, 1.165) is 18.7 Å². The number of anilines is 1. The molecule has 4 heteroatoms. The molecule has 0 radical (unpaired) electrons. The van der Waals surface area contributed by atoms with Crippen molar-refractivity contribution in [3.05, 3.63) is 29.8 Å². The summed E-state index contributed by atoms with van der Waals surface area (Å²) in [5, 5.41) is 3.22. The van der Waals surface area contributed by atoms with Gasteiger partial charge < -0.3 is 10.1 Å². The molecule has 0 saturated heterocycles. The zero-order valence-electron chi connectivity index (χ0n) is 11.2. The first kappa shape index (κ1) is 14.8. The van der Waals surface area contributed by atoms with E-state index in [1.165, 1.54) is 7.11 Å². The van der Waals surface area contributed by atoms with Crippen molar-refractivity contribution in [3.63, 3.8) is 0 Å². The van der Waals surface area contributed by atoms with Crippen molar-refractivity contribution < 1.29 is 14.3 Å². The minimum atomic E-state index is -0.507. The second-order valence-corrected chi connectivity index (χ2v) is 3.96. The van der Waals surface area contributed by atoms with Gasteiger partial charge in [-0.05, 0) is 37.6 Å². The lowest BCUT2D eigenvalue weighted by Gasteiger charge is -2.05. The average Bonchev–Trinajstić information content (AvgIpc) is 2.42. The van der Waals surface area contributed by atoms with E-state index in [1.807, 2.05) is 12.1 Å². The molecule has 0 amide bonds. The van der Waals surface area contributed by atoms with Crippen molar-refractivity contribution in [1.82, 2.24) is 0 Å². The third-order valence-electron chi connectivity index (χ3n) is 2.47. The Labute approximate surface area is 113 Å². The van der Waals surface area contributed by atoms with Crippen LogP contribution < -0.4 is 5.32 Å². The van der Waals surface area contributed by atoms with Crippen molar-refractivity contribution in [1.29, 1.82) is 0 Å². The highest BCUT2D eigenvalue weighted by molar-refractivity contribution is 5.94. The smallest absolute Gasteiger partial charge is 0.384 e. The van der Waals surface area contributed by atoms with Gasteiger partial charge in [0.05, 0.1) is 7.11 Å². The number of unbranched alkanes of at least 4 members (excludes halogenated alkanes) is 1. The van der Waals surface area contributed by atoms with E-state index in [2.05, 4.69) is 21.9 Å². The number of carbonyl (C=O) groups excluding carboxylic acids is 2. The molecule has 0 aliphatic carbocycles. The first-order valence-corrected chi connectivity index (χ1v) is 6.05. The maximum Gasteiger partial charge on any atom is 0.384 e. The highest BCUT2D eigenvalue weighted by Gasteiger charge is 1.98. The summed E-state index contributed by atoms with van der Waals surface area (Å²) in [4.78, 5) is 21.8. The fourth-order valence-electron chi connectivity index (χ4n) is 1.42. The van der Waals surface area contributed by atoms with Crippen molar-refractivity contribution in [2.75, 3.05) is 19.0 Å². The molecule has 0 saturated carbocycles. The van der Waals surface area contributed by atoms with Crippen LogP contribution in [-0.2, 0) is 9.53 Å². The fraction of sp³-hybridized carbons (Fsp3) is 0.333. The van der Waals surface area contributed by atoms with Crippen LogP contribution >= 0.6 is 0 Å². The van der Waals surface area contributed by atoms with Crippen LogP contribution in [0.5, 0.6) is 0 Å². The zero-order valence-corrected chi connectivity index (χ0v) is 11.2. The molecule has 0 aromatic heterocycles. The van der Waals surface area contributed by atoms with Crippen LogP contribution in [0.2, 0.25) is 0 Å². The van der Waals surface area contributed by atoms with Gasteiger partial charge in [0.2, 0.25) is 0 Å². The Bertz CT molecular complexity index is 494. The molecular formula is C15H17NO3. The number of ether oxygens (including phenoxy) is 1. The number of nitrogens with one attached hydrogen (secondary N) is 1. The largest absolute Gasteiger partial charge is 0.459 e. The predicted molar refractivity (Wildman–Crippen MR) is 74.0 cm³/mol. The summed E-state index contributed by atoms with van der Waals surface area (Å²) in [5.41, 5.74) is 1.67. The van der Waals surface area contributed by atoms with Gasteiger partial charge in [-0.3, -0.25) is 4.79 Å². The number of methoxy groups -OCH3 is 1. The van der Waals surface area contributed by atoms with Gasteiger partial charge in [0.15, 0.2) is 5.78 Å². The molecule has 100 valence electrons. The van der Waals surface area contributed by atoms with Crippen LogP contribution in [0.4, 0.5) is 5.69 Å². The van der Waals surface area contributed by atoms with Crippen LogP contribution in [0.3, 0.4) is 0 Å². The quantitative estimate of drug-likeness (QED) is 0.290. The minimum absolute atomic E-state index is 0.0598. The molecule has 1 aromatic carbocycles. The molecule has 0 aliphatic heterocycles. The van der Waals surface area contributed by atoms with E-state index in [0.29, 0.717) is 12.0 Å². The molecule has 1 N–H and O–H groups in total. The Morgan fingerprint density at radius 3 is 2.53 bits per heavy atom. The summed E-state index contributed by atoms with van der Waals surface area (Å²) >= 11 is 0. The third-order valence-corrected chi connectivity index (χ3v) is 2.47. The number of hydrogen-bond donors (Lipinski definition) is 1. The average molecular weight is 259 g/mol. The van der Waals surface area contributed by atoms with Crippen molar-refractivity contribution in [2.45, 2.75) is 19.8 Å². The van der Waals surface area contributed by atoms with Crippen LogP contribution in [0, 0.1) is 11.8 Å². The summed E-state index contributed by atoms with van der Waals surface area (Å²) in [6, 6.07) is 7.33. The Morgan fingerprint density at radius 1 is 1.26 bits per heavy atom. The van der Waals surface area contributed by atoms with Gasteiger partial charge in [0.1, 0.15) is 0 Å². The molecule has 0 heterocycles. The van der Waals surface area contributed by atoms with E-state index < -0.39 is 5.97 Å². The molecule has 1 aromatic rings. The Morgan fingerprint density at radius 2 is 1.95 bits per heavy atom. The molecule has 0 bridgehead atoms. The molecule has 0 aliphatic rings. The molecule has 0 atom stereocenters. The predicted octanol–water partition coefficient (Wildman–Crippen LogP) is 2.26. The standard InChI is InChI=1S/C15H17NO3/c1-12(17)13-7-9-14(10-8-13)16-11-5-3-4-6-15(18)19-2/h7-10,16H,3,5,11H2,1-2H3. The summed E-state index contributed by atoms with van der Waals surface area (Å²) in [7, 11) is 1.31. The van der Waals surface area contributed by atoms with E-state index in [1.54, 1.807) is 19.1 Å². The van der Waals surface area contributed by atoms with Gasteiger partial charge in [-0.25, -0.2) is 4.79 Å². The molecule has 19 heavy (non-hydrogen) atoms. The summed E-state index contributed by atoms with van der Waals surface area (Å²) in [6.07, 6.45) is 1.46. The Kier molecular flexibility index (Phi) is 6.17. The summed E-state index contributed by atoms with van der Waals surface area (Å²) < 4.78 is 4.40. The van der Waals surface area contributed by atoms with Crippen LogP contribution in [0.25, 0.3) is 0 Å². The first-order valence-electron chi connectivity index (χ1n) is 6.05. The Hall–Kier alpha value is -2.28. The second-order valence-electron chi connectivity index (χ2n) is 3.96. The minimum Gasteiger partial charge on any atom is -0.459 e. The number of hydrogen-bond acceptors (Lipinski definition) is 4. The molecular weight excluding hydrogens is 242 g/mol. The van der Waals surface area contributed by atoms with Gasteiger partial charge in [0, 0.05) is 30.1 Å². The number of esters is 1. The van der Waals surface area contributed by atoms with Crippen LogP contribution in [0.15, 0.2) is 24.3 Å². The summed E-state index contributed by atoms with van der Waals surface area (Å²) in [6.45, 7) is 2.30. The lowest BCUT2D eigenvalue weighted by molar-refractivity contribution is -0.133. The maximum absolute atomic E-state index is 11.1. The van der Waals surface area contributed by atoms with E-state index in [9.17, 15) is 9.59 Å². The van der Waals surface area contributed by atoms with Crippen molar-refractivity contribution in [3.8, 4) is 11.8 Å². The monoisotopic (exact) mass is 259 g/mol. The normalized spacial score (nSPS) is 9.16. The lowest BCUT2D eigenvalue weighted by Crippen LogP contribution is -2.01. The highest BCUT2D eigenvalue weighted by Crippen LogP contribution is 2.09. The molecule has 0 spiro atoms. The fourth-order valence-corrected chi connectivity index (χ4v) is 1.42. The van der Waals surface area contributed by atoms with Gasteiger partial charge in [0.25, 0.3) is 0 Å². The molecule has 0 fully saturated rings. The molecule has 1 rings (SSSR count). The maximum atomic E-state index is 11.1. The van der Waals surface area contributed by atoms with Gasteiger partial charge >= 0.3 is 5.97 Å². The van der Waals surface area contributed by atoms with E-state index in [-0.39, 0.29) is 5.78 Å². The number of rotatable bonds is 5. The lowest BCUT2D eigenvalue weighted by atomic mass is 10.1. The van der Waals surface area contributed by atoms with Crippen LogP contribution in [0.1, 0.15) is 30.1 Å². The molecule has 4 nitrogen and oxygen atoms in total. The van der Waals surface area contributed by atoms with Gasteiger partial charge in [-0.1, -0.05) is 5.92 Å². The third kappa shape index (κ3) is 5.73. The SMILES string of the molecule is COC(=O)C#CCCCNc1ccc(C(C)=O)cc1. The second kappa shape index (κ2) is 7.93. The van der Waals surface area contributed by atoms with E-state index >= 15 is 0 Å². The number of Topliss-reactive ketones (excluding diaryl/α,β-unsaturated/α-hetero) is 1. The number of benzene rings is 1. The zero-order chi connectivity index (χ0) is 14.1. The molecule has 0 unspecified atom stereocenters. The number of ketones is 1. The Balaban J connectivity index is 2.27.